The number of likely N-dealkylation sites (tertiary alicyclic amines) is 1. The summed E-state index contributed by atoms with van der Waals surface area (Å²) in [6.45, 7) is 3.62. The van der Waals surface area contributed by atoms with E-state index in [2.05, 4.69) is 0 Å². The second-order valence-electron chi connectivity index (χ2n) is 6.35. The molecule has 0 unspecified atom stereocenters. The molecule has 0 N–H and O–H groups in total. The lowest BCUT2D eigenvalue weighted by atomic mass is 10.0. The number of carbonyl (C=O) groups excluding carboxylic acids is 1. The lowest BCUT2D eigenvalue weighted by Gasteiger charge is -2.20. The van der Waals surface area contributed by atoms with Crippen LogP contribution in [0.25, 0.3) is 0 Å². The Hall–Kier alpha value is -1.11. The molecule has 23 heavy (non-hydrogen) atoms. The number of amides is 1. The van der Waals surface area contributed by atoms with Gasteiger partial charge < -0.3 is 4.90 Å². The van der Waals surface area contributed by atoms with Crippen molar-refractivity contribution in [2.45, 2.75) is 31.6 Å². The maximum absolute atomic E-state index is 12.8. The average Bonchev–Trinajstić information content (AvgIpc) is 2.64. The summed E-state index contributed by atoms with van der Waals surface area (Å²) in [6.07, 6.45) is 1.27. The Bertz CT molecular complexity index is 707. The predicted octanol–water partition coefficient (Wildman–Crippen LogP) is 2.11. The van der Waals surface area contributed by atoms with Gasteiger partial charge in [0, 0.05) is 38.1 Å². The third-order valence-corrected chi connectivity index (χ3v) is 7.47. The van der Waals surface area contributed by atoms with Crippen molar-refractivity contribution in [2.75, 3.05) is 19.6 Å². The molecule has 1 amide bonds. The summed E-state index contributed by atoms with van der Waals surface area (Å²) in [4.78, 5) is 13.3. The van der Waals surface area contributed by atoms with Gasteiger partial charge in [-0.15, -0.1) is 0 Å². The monoisotopic (exact) mass is 356 g/mol. The number of carbonyl (C=O) groups is 1. The quantitative estimate of drug-likeness (QED) is 0.815. The number of nitrogens with zero attached hydrogens (tertiary/aromatic N) is 2. The van der Waals surface area contributed by atoms with Crippen LogP contribution in [-0.4, -0.2) is 48.4 Å². The highest BCUT2D eigenvalue weighted by Crippen LogP contribution is 2.35. The van der Waals surface area contributed by atoms with Crippen molar-refractivity contribution in [2.24, 2.45) is 5.92 Å². The number of hydrogen-bond donors (Lipinski definition) is 0. The fraction of sp³-hybridized carbons (Fsp3) is 0.562. The van der Waals surface area contributed by atoms with Crippen molar-refractivity contribution in [1.29, 1.82) is 0 Å². The van der Waals surface area contributed by atoms with Gasteiger partial charge in [0.05, 0.1) is 5.25 Å². The smallest absolute Gasteiger partial charge is 0.219 e. The fourth-order valence-electron chi connectivity index (χ4n) is 3.60. The van der Waals surface area contributed by atoms with Crippen molar-refractivity contribution in [3.63, 3.8) is 0 Å². The lowest BCUT2D eigenvalue weighted by molar-refractivity contribution is -0.128. The van der Waals surface area contributed by atoms with E-state index in [-0.39, 0.29) is 17.1 Å². The Balaban J connectivity index is 1.76. The Labute approximate surface area is 142 Å². The molecule has 126 valence electrons. The third-order valence-electron chi connectivity index (χ3n) is 4.85. The summed E-state index contributed by atoms with van der Waals surface area (Å²) in [7, 11) is -3.32. The molecule has 3 rings (SSSR count). The minimum atomic E-state index is -3.32. The molecule has 0 spiro atoms. The zero-order valence-corrected chi connectivity index (χ0v) is 14.7. The van der Waals surface area contributed by atoms with Crippen molar-refractivity contribution in [3.05, 3.63) is 34.9 Å². The Morgan fingerprint density at radius 1 is 1.30 bits per heavy atom. The van der Waals surface area contributed by atoms with E-state index in [0.717, 1.165) is 12.0 Å². The third kappa shape index (κ3) is 3.39. The Morgan fingerprint density at radius 3 is 2.74 bits per heavy atom. The highest BCUT2D eigenvalue weighted by molar-refractivity contribution is 7.90. The molecule has 2 atom stereocenters. The SMILES string of the molecule is CC(=O)N1CC[C@@H]2CN(Cc3cccc(Cl)c3)S(=O)(=O)[C@@H]2CC1. The Morgan fingerprint density at radius 2 is 2.04 bits per heavy atom. The number of benzene rings is 1. The number of fused-ring (bicyclic) bond motifs is 1. The molecule has 0 aliphatic carbocycles. The molecule has 0 saturated carbocycles. The molecule has 5 nitrogen and oxygen atoms in total. The lowest BCUT2D eigenvalue weighted by Crippen LogP contribution is -2.33. The van der Waals surface area contributed by atoms with Crippen LogP contribution >= 0.6 is 11.6 Å². The van der Waals surface area contributed by atoms with E-state index in [0.29, 0.717) is 37.6 Å². The number of rotatable bonds is 2. The second-order valence-corrected chi connectivity index (χ2v) is 8.94. The minimum Gasteiger partial charge on any atom is -0.343 e. The first kappa shape index (κ1) is 16.7. The molecular weight excluding hydrogens is 336 g/mol. The highest BCUT2D eigenvalue weighted by atomic mass is 35.5. The first-order valence-electron chi connectivity index (χ1n) is 7.87. The van der Waals surface area contributed by atoms with Crippen LogP contribution in [0.5, 0.6) is 0 Å². The molecule has 0 aromatic heterocycles. The van der Waals surface area contributed by atoms with Crippen LogP contribution in [0.15, 0.2) is 24.3 Å². The summed E-state index contributed by atoms with van der Waals surface area (Å²) < 4.78 is 27.3. The van der Waals surface area contributed by atoms with Gasteiger partial charge in [-0.1, -0.05) is 23.7 Å². The van der Waals surface area contributed by atoms with Crippen LogP contribution in [0.4, 0.5) is 0 Å². The second kappa shape index (κ2) is 6.42. The van der Waals surface area contributed by atoms with Gasteiger partial charge in [0.25, 0.3) is 0 Å². The van der Waals surface area contributed by atoms with Crippen LogP contribution in [0.1, 0.15) is 25.3 Å². The molecule has 2 aliphatic heterocycles. The summed E-state index contributed by atoms with van der Waals surface area (Å²) in [6, 6.07) is 7.32. The van der Waals surface area contributed by atoms with Gasteiger partial charge >= 0.3 is 0 Å². The van der Waals surface area contributed by atoms with Gasteiger partial charge in [-0.2, -0.15) is 4.31 Å². The van der Waals surface area contributed by atoms with Crippen molar-refractivity contribution in [3.8, 4) is 0 Å². The minimum absolute atomic E-state index is 0.0261. The summed E-state index contributed by atoms with van der Waals surface area (Å²) in [5, 5.41) is 0.247. The van der Waals surface area contributed by atoms with E-state index in [1.54, 1.807) is 22.2 Å². The van der Waals surface area contributed by atoms with Gasteiger partial charge in [-0.25, -0.2) is 8.42 Å². The number of halogens is 1. The molecule has 2 fully saturated rings. The molecule has 0 radical (unpaired) electrons. The van der Waals surface area contributed by atoms with E-state index >= 15 is 0 Å². The van der Waals surface area contributed by atoms with Crippen LogP contribution in [0, 0.1) is 5.92 Å². The molecule has 2 heterocycles. The first-order chi connectivity index (χ1) is 10.9. The van der Waals surface area contributed by atoms with Gasteiger partial charge in [-0.3, -0.25) is 4.79 Å². The van der Waals surface area contributed by atoms with Gasteiger partial charge in [-0.05, 0) is 36.5 Å². The molecule has 1 aromatic carbocycles. The fourth-order valence-corrected chi connectivity index (χ4v) is 6.04. The standard InChI is InChI=1S/C16H21ClN2O3S/c1-12(20)18-7-5-14-11-19(23(21,22)16(14)6-8-18)10-13-3-2-4-15(17)9-13/h2-4,9,14,16H,5-8,10-11H2,1H3/t14-,16-/m1/s1. The highest BCUT2D eigenvalue weighted by Gasteiger charge is 2.46. The first-order valence-corrected chi connectivity index (χ1v) is 9.75. The van der Waals surface area contributed by atoms with Crippen molar-refractivity contribution >= 4 is 27.5 Å². The number of hydrogen-bond acceptors (Lipinski definition) is 3. The molecule has 0 bridgehead atoms. The summed E-state index contributed by atoms with van der Waals surface area (Å²) in [5.74, 6) is 0.127. The van der Waals surface area contributed by atoms with E-state index in [1.165, 1.54) is 0 Å². The average molecular weight is 357 g/mol. The van der Waals surface area contributed by atoms with Crippen LogP contribution in [-0.2, 0) is 21.4 Å². The van der Waals surface area contributed by atoms with Crippen LogP contribution < -0.4 is 0 Å². The van der Waals surface area contributed by atoms with E-state index in [9.17, 15) is 13.2 Å². The zero-order valence-electron chi connectivity index (χ0n) is 13.1. The molecule has 2 aliphatic rings. The van der Waals surface area contributed by atoms with Crippen LogP contribution in [0.2, 0.25) is 5.02 Å². The maximum Gasteiger partial charge on any atom is 0.219 e. The zero-order chi connectivity index (χ0) is 16.6. The molecule has 2 saturated heterocycles. The van der Waals surface area contributed by atoms with E-state index in [1.807, 2.05) is 18.2 Å². The van der Waals surface area contributed by atoms with Gasteiger partial charge in [0.2, 0.25) is 15.9 Å². The van der Waals surface area contributed by atoms with Crippen molar-refractivity contribution < 1.29 is 13.2 Å². The molecular formula is C16H21ClN2O3S. The summed E-state index contributed by atoms with van der Waals surface area (Å²) in [5.41, 5.74) is 0.905. The topological polar surface area (TPSA) is 57.7 Å². The normalized spacial score (nSPS) is 27.5. The van der Waals surface area contributed by atoms with Crippen LogP contribution in [0.3, 0.4) is 0 Å². The predicted molar refractivity (Wildman–Crippen MR) is 89.5 cm³/mol. The van der Waals surface area contributed by atoms with Gasteiger partial charge in [0.15, 0.2) is 0 Å². The maximum atomic E-state index is 12.8. The largest absolute Gasteiger partial charge is 0.343 e. The van der Waals surface area contributed by atoms with E-state index in [4.69, 9.17) is 11.6 Å². The molecule has 7 heteroatoms. The number of sulfonamides is 1. The van der Waals surface area contributed by atoms with Gasteiger partial charge in [0.1, 0.15) is 0 Å². The van der Waals surface area contributed by atoms with E-state index < -0.39 is 10.0 Å². The summed E-state index contributed by atoms with van der Waals surface area (Å²) >= 11 is 5.99. The van der Waals surface area contributed by atoms with Crippen molar-refractivity contribution in [1.82, 2.24) is 9.21 Å². The molecule has 1 aromatic rings. The Kier molecular flexibility index (Phi) is 4.67.